The first-order valence-corrected chi connectivity index (χ1v) is 26.3. The van der Waals surface area contributed by atoms with Gasteiger partial charge in [-0.3, -0.25) is 19.2 Å². The third kappa shape index (κ3) is 7.61. The Labute approximate surface area is 416 Å². The Hall–Kier alpha value is -3.12. The number of esters is 3. The van der Waals surface area contributed by atoms with E-state index in [1.165, 1.54) is 34.8 Å². The topological polar surface area (TPSA) is 166 Å². The van der Waals surface area contributed by atoms with Crippen LogP contribution >= 0.6 is 22.7 Å². The van der Waals surface area contributed by atoms with Crippen molar-refractivity contribution in [1.29, 1.82) is 0 Å². The average Bonchev–Trinajstić information content (AvgIpc) is 4.13. The van der Waals surface area contributed by atoms with E-state index < -0.39 is 75.9 Å². The zero-order valence-corrected chi connectivity index (χ0v) is 42.8. The molecule has 12 nitrogen and oxygen atoms in total. The van der Waals surface area contributed by atoms with Crippen molar-refractivity contribution in [3.63, 3.8) is 0 Å². The van der Waals surface area contributed by atoms with E-state index in [4.69, 9.17) is 18.9 Å². The Morgan fingerprint density at radius 3 is 2.10 bits per heavy atom. The summed E-state index contributed by atoms with van der Waals surface area (Å²) in [6, 6.07) is 8.01. The zero-order chi connectivity index (χ0) is 47.5. The number of thiophene rings is 2. The van der Waals surface area contributed by atoms with Crippen molar-refractivity contribution < 1.29 is 79.0 Å². The summed E-state index contributed by atoms with van der Waals surface area (Å²) in [5, 5.41) is 26.8. The van der Waals surface area contributed by atoms with E-state index >= 15 is 4.39 Å². The molecule has 13 atom stereocenters. The Morgan fingerprint density at radius 1 is 0.897 bits per heavy atom. The van der Waals surface area contributed by atoms with Gasteiger partial charge < -0.3 is 50.6 Å². The predicted octanol–water partition coefficient (Wildman–Crippen LogP) is 4.34. The predicted molar refractivity (Wildman–Crippen MR) is 246 cm³/mol. The number of aliphatic hydroxyl groups excluding tert-OH is 1. The Balaban J connectivity index is 0.000000184. The maximum atomic E-state index is 17.6. The van der Waals surface area contributed by atoms with Crippen LogP contribution in [0.3, 0.4) is 0 Å². The molecule has 370 valence electrons. The highest BCUT2D eigenvalue weighted by atomic mass is 79.9. The van der Waals surface area contributed by atoms with E-state index in [-0.39, 0.29) is 53.0 Å². The first kappa shape index (κ1) is 49.8. The minimum Gasteiger partial charge on any atom is -1.00 e. The molecule has 11 rings (SSSR count). The molecule has 5 heterocycles. The molecular formula is C52H65BrFNO11S2. The molecule has 2 bridgehead atoms. The van der Waals surface area contributed by atoms with E-state index in [0.717, 1.165) is 49.4 Å². The van der Waals surface area contributed by atoms with Gasteiger partial charge in [-0.25, -0.2) is 9.18 Å². The van der Waals surface area contributed by atoms with Crippen LogP contribution in [0.1, 0.15) is 114 Å². The fraction of sp³-hybridized carbons (Fsp3) is 0.673. The molecule has 3 aliphatic heterocycles. The van der Waals surface area contributed by atoms with Gasteiger partial charge in [-0.15, -0.1) is 22.7 Å². The van der Waals surface area contributed by atoms with Crippen LogP contribution in [0.25, 0.3) is 0 Å². The Kier molecular flexibility index (Phi) is 13.1. The monoisotopic (exact) mass is 1040 g/mol. The number of carbonyl (C=O) groups excluding carboxylic acids is 5. The van der Waals surface area contributed by atoms with E-state index in [1.807, 2.05) is 36.7 Å². The minimum absolute atomic E-state index is 0. The molecule has 3 saturated heterocycles. The summed E-state index contributed by atoms with van der Waals surface area (Å²) in [4.78, 5) is 66.9. The summed E-state index contributed by atoms with van der Waals surface area (Å²) in [5.74, 6) is -3.96. The number of fused-ring (bicyclic) bond motifs is 10. The van der Waals surface area contributed by atoms with Crippen molar-refractivity contribution >= 4 is 52.1 Å². The first-order chi connectivity index (χ1) is 31.8. The molecular weight excluding hydrogens is 978 g/mol. The van der Waals surface area contributed by atoms with Gasteiger partial charge in [0.25, 0.3) is 0 Å². The number of Topliss-reactive ketones (excluding diaryl/α,β-unsaturated/α-hetero) is 1. The van der Waals surface area contributed by atoms with Gasteiger partial charge in [0.2, 0.25) is 11.4 Å². The number of ketones is 2. The van der Waals surface area contributed by atoms with Crippen molar-refractivity contribution in [3.05, 3.63) is 68.6 Å². The normalized spacial score (nSPS) is 39.6. The number of morpholine rings is 1. The van der Waals surface area contributed by atoms with Gasteiger partial charge in [0.05, 0.1) is 41.8 Å². The summed E-state index contributed by atoms with van der Waals surface area (Å²) in [6.07, 6.45) is 12.3. The molecule has 3 unspecified atom stereocenters. The zero-order valence-electron chi connectivity index (χ0n) is 39.5. The summed E-state index contributed by atoms with van der Waals surface area (Å²) in [7, 11) is 4.49. The number of likely N-dealkylation sites (N-methyl/N-ethyl adjacent to an activating group) is 1. The number of quaternary nitrogens is 1. The number of alkyl halides is 1. The fourth-order valence-electron chi connectivity index (χ4n) is 14.5. The maximum absolute atomic E-state index is 17.6. The van der Waals surface area contributed by atoms with Gasteiger partial charge in [0, 0.05) is 35.5 Å². The van der Waals surface area contributed by atoms with Gasteiger partial charge in [-0.05, 0) is 99.3 Å². The summed E-state index contributed by atoms with van der Waals surface area (Å²) in [6.45, 7) is 4.98. The molecule has 0 spiro atoms. The number of piperidine rings is 1. The quantitative estimate of drug-likeness (QED) is 0.151. The van der Waals surface area contributed by atoms with Crippen molar-refractivity contribution in [2.75, 3.05) is 20.7 Å². The number of ether oxygens (including phenoxy) is 4. The third-order valence-electron chi connectivity index (χ3n) is 18.4. The van der Waals surface area contributed by atoms with Crippen LogP contribution in [-0.2, 0) is 48.5 Å². The number of hydrogen-bond donors (Lipinski definition) is 2. The smallest absolute Gasteiger partial charge is 0.349 e. The van der Waals surface area contributed by atoms with Crippen LogP contribution in [-0.4, -0.2) is 113 Å². The number of allylic oxidation sites excluding steroid dienone is 4. The molecule has 68 heavy (non-hydrogen) atoms. The summed E-state index contributed by atoms with van der Waals surface area (Å²) >= 11 is 2.74. The number of carbonyl (C=O) groups is 5. The van der Waals surface area contributed by atoms with Crippen molar-refractivity contribution in [2.24, 2.45) is 40.4 Å². The lowest BCUT2D eigenvalue weighted by atomic mass is 9.44. The lowest BCUT2D eigenvalue weighted by Gasteiger charge is -2.62. The summed E-state index contributed by atoms with van der Waals surface area (Å²) < 4.78 is 42.1. The Bertz CT molecular complexity index is 2310. The highest BCUT2D eigenvalue weighted by Crippen LogP contribution is 2.71. The minimum atomic E-state index is -2.05. The second kappa shape index (κ2) is 17.9. The van der Waals surface area contributed by atoms with Gasteiger partial charge >= 0.3 is 17.9 Å². The van der Waals surface area contributed by atoms with E-state index in [1.54, 1.807) is 25.1 Å². The van der Waals surface area contributed by atoms with Crippen molar-refractivity contribution in [2.45, 2.75) is 158 Å². The number of rotatable bonds is 10. The molecule has 0 aromatic carbocycles. The van der Waals surface area contributed by atoms with E-state index in [0.29, 0.717) is 71.7 Å². The number of hydrogen-bond acceptors (Lipinski definition) is 13. The van der Waals surface area contributed by atoms with Crippen LogP contribution in [0.15, 0.2) is 58.8 Å². The molecule has 2 N–H and O–H groups in total. The van der Waals surface area contributed by atoms with Crippen LogP contribution in [0.5, 0.6) is 0 Å². The standard InChI is InChI=1S/C33H43FO7.C19H22NO4S2.BrH/c1-19-15-25-24-12-11-22-16-23(35)13-14-30(22,2)32(24,34)26(36)17-31(25,3)33(19,41-29(39)21-9-10-21)27(37)18-40-28(38)20-7-5-4-6-8-20;1-20(2)12-9-11(10-13(20)17-16(12)24-17)23-18(21)19(22,14-5-3-7-25-14)15-6-4-8-26-15;/h13-14,16,19-21,24-26,36H,4-12,15,17-18H2,1-3H3;3-8,11-13,16-17,22H,9-10H2,1-2H3;1H/q;+1;/p-1/t19-,24+,25-,26+,30+,31+,32+,33+;11?,12?,13?,16-,17+;/m1../s1. The molecule has 8 fully saturated rings. The lowest BCUT2D eigenvalue weighted by Crippen LogP contribution is -3.00. The molecule has 6 aliphatic carbocycles. The van der Waals surface area contributed by atoms with Crippen molar-refractivity contribution in [1.82, 2.24) is 0 Å². The lowest BCUT2D eigenvalue weighted by molar-refractivity contribution is -0.938. The largest absolute Gasteiger partial charge is 1.00 e. The first-order valence-electron chi connectivity index (χ1n) is 24.5. The van der Waals surface area contributed by atoms with Gasteiger partial charge in [0.1, 0.15) is 30.4 Å². The molecule has 16 heteroatoms. The molecule has 0 radical (unpaired) electrons. The summed E-state index contributed by atoms with van der Waals surface area (Å²) in [5.41, 5.74) is -6.93. The fourth-order valence-corrected chi connectivity index (χ4v) is 16.2. The van der Waals surface area contributed by atoms with Crippen LogP contribution in [0.2, 0.25) is 0 Å². The van der Waals surface area contributed by atoms with Gasteiger partial charge in [-0.2, -0.15) is 0 Å². The SMILES string of the molecule is C[C@@H]1C[C@@H]2[C@@H]3CCC4=CC(=O)C=C[C@]4(C)[C@@]3(F)[C@@H](O)C[C@]2(C)[C@@]1(OC(=O)C1CC1)C(=O)COC(=O)C1CCCCC1.C[N+]1(C)C2CC(OC(=O)C(O)(c3cccs3)c3cccs3)CC1[C@@H]1O[C@H]21.[Br-]. The number of halogens is 2. The molecule has 2 aromatic rings. The molecule has 2 aromatic heterocycles. The van der Waals surface area contributed by atoms with Crippen LogP contribution in [0.4, 0.5) is 4.39 Å². The second-order valence-corrected chi connectivity index (χ2v) is 24.1. The van der Waals surface area contributed by atoms with Crippen LogP contribution in [0, 0.1) is 40.4 Å². The number of nitrogens with zero attached hydrogens (tertiary/aromatic N) is 1. The highest BCUT2D eigenvalue weighted by molar-refractivity contribution is 7.12. The van der Waals surface area contributed by atoms with Gasteiger partial charge in [-0.1, -0.05) is 56.9 Å². The van der Waals surface area contributed by atoms with Crippen molar-refractivity contribution in [3.8, 4) is 0 Å². The number of aliphatic hydroxyl groups is 2. The average molecular weight is 1040 g/mol. The molecule has 0 amide bonds. The molecule has 5 saturated carbocycles. The highest BCUT2D eigenvalue weighted by Gasteiger charge is 2.77. The molecule has 9 aliphatic rings. The Morgan fingerprint density at radius 2 is 1.51 bits per heavy atom. The van der Waals surface area contributed by atoms with Crippen LogP contribution < -0.4 is 17.0 Å². The van der Waals surface area contributed by atoms with Gasteiger partial charge in [0.15, 0.2) is 23.7 Å². The maximum Gasteiger partial charge on any atom is 0.349 e. The van der Waals surface area contributed by atoms with E-state index in [9.17, 15) is 34.2 Å². The third-order valence-corrected chi connectivity index (χ3v) is 20.4. The number of epoxide rings is 1. The second-order valence-electron chi connectivity index (χ2n) is 22.2. The van der Waals surface area contributed by atoms with E-state index in [2.05, 4.69) is 14.1 Å².